The van der Waals surface area contributed by atoms with E-state index < -0.39 is 10.8 Å². The summed E-state index contributed by atoms with van der Waals surface area (Å²) in [4.78, 5) is 4.49. The van der Waals surface area contributed by atoms with Crippen LogP contribution < -0.4 is 5.32 Å². The molecule has 0 bridgehead atoms. The van der Waals surface area contributed by atoms with Crippen molar-refractivity contribution < 1.29 is 4.21 Å². The topological polar surface area (TPSA) is 42.0 Å². The second-order valence-electron chi connectivity index (χ2n) is 4.19. The van der Waals surface area contributed by atoms with E-state index in [-0.39, 0.29) is 5.25 Å². The van der Waals surface area contributed by atoms with Crippen molar-refractivity contribution in [2.24, 2.45) is 0 Å². The zero-order chi connectivity index (χ0) is 11.7. The van der Waals surface area contributed by atoms with Crippen LogP contribution in [0.2, 0.25) is 0 Å². The number of aromatic nitrogens is 1. The van der Waals surface area contributed by atoms with Crippen LogP contribution in [0.5, 0.6) is 0 Å². The van der Waals surface area contributed by atoms with Crippen LogP contribution in [-0.4, -0.2) is 27.5 Å². The van der Waals surface area contributed by atoms with Crippen LogP contribution in [0.4, 0.5) is 0 Å². The molecule has 0 radical (unpaired) electrons. The molecule has 17 heavy (non-hydrogen) atoms. The van der Waals surface area contributed by atoms with Gasteiger partial charge in [-0.3, -0.25) is 4.21 Å². The maximum atomic E-state index is 12.4. The standard InChI is InChI=1S/C12H14N2OS2/c15-17(9-5-7-13-8-6-9)12-14-10-3-1-2-4-11(10)16-12/h1-4,9,13H,5-8H2. The van der Waals surface area contributed by atoms with E-state index in [9.17, 15) is 4.21 Å². The molecule has 2 aromatic rings. The van der Waals surface area contributed by atoms with Gasteiger partial charge in [-0.05, 0) is 38.1 Å². The van der Waals surface area contributed by atoms with Crippen LogP contribution in [-0.2, 0) is 10.8 Å². The van der Waals surface area contributed by atoms with Crippen molar-refractivity contribution >= 4 is 32.4 Å². The fourth-order valence-electron chi connectivity index (χ4n) is 2.09. The molecule has 5 heteroatoms. The first kappa shape index (κ1) is 11.3. The lowest BCUT2D eigenvalue weighted by Crippen LogP contribution is -2.33. The summed E-state index contributed by atoms with van der Waals surface area (Å²) in [5, 5.41) is 3.57. The lowest BCUT2D eigenvalue weighted by molar-refractivity contribution is 0.519. The zero-order valence-corrected chi connectivity index (χ0v) is 11.0. The maximum Gasteiger partial charge on any atom is 0.182 e. The highest BCUT2D eigenvalue weighted by Crippen LogP contribution is 2.27. The van der Waals surface area contributed by atoms with Gasteiger partial charge >= 0.3 is 0 Å². The van der Waals surface area contributed by atoms with Crippen molar-refractivity contribution in [3.63, 3.8) is 0 Å². The van der Waals surface area contributed by atoms with Crippen molar-refractivity contribution in [2.45, 2.75) is 22.4 Å². The average Bonchev–Trinajstić information content (AvgIpc) is 2.82. The normalized spacial score (nSPS) is 19.5. The molecule has 3 nitrogen and oxygen atoms in total. The molecule has 1 unspecified atom stereocenters. The quantitative estimate of drug-likeness (QED) is 0.905. The number of hydrogen-bond donors (Lipinski definition) is 1. The summed E-state index contributed by atoms with van der Waals surface area (Å²) in [6.07, 6.45) is 1.98. The minimum absolute atomic E-state index is 0.275. The number of fused-ring (bicyclic) bond motifs is 1. The minimum Gasteiger partial charge on any atom is -0.317 e. The van der Waals surface area contributed by atoms with Gasteiger partial charge in [0.15, 0.2) is 4.34 Å². The molecular weight excluding hydrogens is 252 g/mol. The van der Waals surface area contributed by atoms with Gasteiger partial charge in [-0.2, -0.15) is 0 Å². The smallest absolute Gasteiger partial charge is 0.182 e. The van der Waals surface area contributed by atoms with Gasteiger partial charge in [0.1, 0.15) is 0 Å². The van der Waals surface area contributed by atoms with Crippen LogP contribution in [0.3, 0.4) is 0 Å². The summed E-state index contributed by atoms with van der Waals surface area (Å²) in [6.45, 7) is 1.95. The number of thiazole rings is 1. The molecule has 90 valence electrons. The summed E-state index contributed by atoms with van der Waals surface area (Å²) < 4.78 is 14.3. The molecule has 1 aromatic carbocycles. The second kappa shape index (κ2) is 4.84. The van der Waals surface area contributed by atoms with Crippen molar-refractivity contribution in [1.29, 1.82) is 0 Å². The molecule has 1 saturated heterocycles. The minimum atomic E-state index is -0.935. The third-order valence-electron chi connectivity index (χ3n) is 3.04. The van der Waals surface area contributed by atoms with E-state index in [1.165, 1.54) is 0 Å². The van der Waals surface area contributed by atoms with Gasteiger partial charge in [-0.25, -0.2) is 4.98 Å². The van der Waals surface area contributed by atoms with Gasteiger partial charge in [0, 0.05) is 5.25 Å². The molecule has 3 rings (SSSR count). The van der Waals surface area contributed by atoms with Crippen molar-refractivity contribution in [2.75, 3.05) is 13.1 Å². The van der Waals surface area contributed by atoms with Crippen molar-refractivity contribution in [3.8, 4) is 0 Å². The summed E-state index contributed by atoms with van der Waals surface area (Å²) in [6, 6.07) is 7.99. The van der Waals surface area contributed by atoms with E-state index in [4.69, 9.17) is 0 Å². The Balaban J connectivity index is 1.89. The van der Waals surface area contributed by atoms with E-state index in [2.05, 4.69) is 10.3 Å². The SMILES string of the molecule is O=S(c1nc2ccccc2s1)C1CCNCC1. The van der Waals surface area contributed by atoms with E-state index in [1.807, 2.05) is 24.3 Å². The fraction of sp³-hybridized carbons (Fsp3) is 0.417. The molecule has 0 saturated carbocycles. The third kappa shape index (κ3) is 2.27. The highest BCUT2D eigenvalue weighted by molar-refractivity contribution is 7.88. The number of para-hydroxylation sites is 1. The Hall–Kier alpha value is -0.780. The van der Waals surface area contributed by atoms with E-state index in [0.717, 1.165) is 40.5 Å². The Kier molecular flexibility index (Phi) is 3.22. The molecule has 1 aromatic heterocycles. The number of hydrogen-bond acceptors (Lipinski definition) is 4. The third-order valence-corrected chi connectivity index (χ3v) is 6.12. The zero-order valence-electron chi connectivity index (χ0n) is 9.39. The summed E-state index contributed by atoms with van der Waals surface area (Å²) >= 11 is 1.57. The van der Waals surface area contributed by atoms with Crippen LogP contribution in [0, 0.1) is 0 Å². The Morgan fingerprint density at radius 1 is 1.29 bits per heavy atom. The number of nitrogens with zero attached hydrogens (tertiary/aromatic N) is 1. The molecule has 1 N–H and O–H groups in total. The first-order valence-electron chi connectivity index (χ1n) is 5.81. The largest absolute Gasteiger partial charge is 0.317 e. The van der Waals surface area contributed by atoms with Crippen molar-refractivity contribution in [1.82, 2.24) is 10.3 Å². The molecule has 0 amide bonds. The number of nitrogens with one attached hydrogen (secondary N) is 1. The molecule has 1 atom stereocenters. The molecule has 2 heterocycles. The fourth-order valence-corrected chi connectivity index (χ4v) is 4.93. The van der Waals surface area contributed by atoms with E-state index >= 15 is 0 Å². The van der Waals surface area contributed by atoms with Crippen LogP contribution in [0.1, 0.15) is 12.8 Å². The lowest BCUT2D eigenvalue weighted by Gasteiger charge is -2.20. The van der Waals surface area contributed by atoms with Gasteiger partial charge in [0.2, 0.25) is 0 Å². The molecule has 1 aliphatic heterocycles. The van der Waals surface area contributed by atoms with Gasteiger partial charge in [-0.1, -0.05) is 12.1 Å². The van der Waals surface area contributed by atoms with Crippen molar-refractivity contribution in [3.05, 3.63) is 24.3 Å². The first-order valence-corrected chi connectivity index (χ1v) is 7.84. The summed E-state index contributed by atoms with van der Waals surface area (Å²) in [7, 11) is -0.935. The monoisotopic (exact) mass is 266 g/mol. The molecular formula is C12H14N2OS2. The summed E-state index contributed by atoms with van der Waals surface area (Å²) in [5.41, 5.74) is 0.967. The highest BCUT2D eigenvalue weighted by Gasteiger charge is 2.23. The van der Waals surface area contributed by atoms with Crippen LogP contribution >= 0.6 is 11.3 Å². The Morgan fingerprint density at radius 2 is 2.06 bits per heavy atom. The highest BCUT2D eigenvalue weighted by atomic mass is 32.2. The summed E-state index contributed by atoms with van der Waals surface area (Å²) in [5.74, 6) is 0. The Labute approximate surface area is 107 Å². The van der Waals surface area contributed by atoms with E-state index in [0.29, 0.717) is 0 Å². The predicted molar refractivity (Wildman–Crippen MR) is 71.9 cm³/mol. The molecule has 0 aliphatic carbocycles. The molecule has 0 spiro atoms. The van der Waals surface area contributed by atoms with Gasteiger partial charge in [0.05, 0.1) is 21.0 Å². The number of benzene rings is 1. The maximum absolute atomic E-state index is 12.4. The first-order chi connectivity index (χ1) is 8.34. The second-order valence-corrected chi connectivity index (χ2v) is 7.13. The molecule has 1 aliphatic rings. The van der Waals surface area contributed by atoms with E-state index in [1.54, 1.807) is 11.3 Å². The Morgan fingerprint density at radius 3 is 2.82 bits per heavy atom. The molecule has 1 fully saturated rings. The van der Waals surface area contributed by atoms with Crippen LogP contribution in [0.15, 0.2) is 28.6 Å². The predicted octanol–water partition coefficient (Wildman–Crippen LogP) is 2.16. The van der Waals surface area contributed by atoms with Crippen LogP contribution in [0.25, 0.3) is 10.2 Å². The Bertz CT molecular complexity index is 513. The number of rotatable bonds is 2. The van der Waals surface area contributed by atoms with Gasteiger partial charge in [-0.15, -0.1) is 11.3 Å². The number of piperidine rings is 1. The average molecular weight is 266 g/mol. The lowest BCUT2D eigenvalue weighted by atomic mass is 10.2. The van der Waals surface area contributed by atoms with Gasteiger partial charge in [0.25, 0.3) is 0 Å². The van der Waals surface area contributed by atoms with Gasteiger partial charge < -0.3 is 5.32 Å².